The molecule has 11 heteroatoms. The highest BCUT2D eigenvalue weighted by molar-refractivity contribution is 8.00. The van der Waals surface area contributed by atoms with Gasteiger partial charge in [0.15, 0.2) is 17.7 Å². The van der Waals surface area contributed by atoms with Crippen molar-refractivity contribution in [3.05, 3.63) is 12.7 Å². The zero-order chi connectivity index (χ0) is 17.3. The first kappa shape index (κ1) is 16.9. The molecule has 0 bridgehead atoms. The summed E-state index contributed by atoms with van der Waals surface area (Å²) in [4.78, 5) is 23.6. The average molecular weight is 354 g/mol. The zero-order valence-electron chi connectivity index (χ0n) is 12.6. The standard InChI is InChI=1S/C13H18N6O4S/c14-1-2-24-9(13(21)22)7-3-6(20)12(23-7)19-5-18-8-10(15)16-4-17-11(8)19/h4-7,9,12,20H,1-3,14H2,(H,21,22)(H2,15,16,17). The Labute approximate surface area is 141 Å². The first-order valence-corrected chi connectivity index (χ1v) is 8.38. The van der Waals surface area contributed by atoms with Crippen molar-refractivity contribution >= 4 is 34.7 Å². The molecule has 0 spiro atoms. The molecule has 6 N–H and O–H groups in total. The largest absolute Gasteiger partial charge is 0.480 e. The van der Waals surface area contributed by atoms with Crippen LogP contribution in [0.5, 0.6) is 0 Å². The number of nitrogens with two attached hydrogens (primary N) is 2. The van der Waals surface area contributed by atoms with Crippen LogP contribution in [0.4, 0.5) is 5.82 Å². The highest BCUT2D eigenvalue weighted by Gasteiger charge is 2.42. The minimum atomic E-state index is -0.992. The van der Waals surface area contributed by atoms with Crippen LogP contribution in [-0.4, -0.2) is 65.5 Å². The van der Waals surface area contributed by atoms with Crippen LogP contribution in [0.1, 0.15) is 12.6 Å². The monoisotopic (exact) mass is 354 g/mol. The molecular formula is C13H18N6O4S. The van der Waals surface area contributed by atoms with Gasteiger partial charge in [-0.05, 0) is 0 Å². The SMILES string of the molecule is NCCSC(C(=O)O)C1CC(O)C(n2cnc3c(N)ncnc32)O1. The van der Waals surface area contributed by atoms with Crippen LogP contribution in [0, 0.1) is 0 Å². The number of thioether (sulfide) groups is 1. The molecule has 2 aromatic heterocycles. The quantitative estimate of drug-likeness (QED) is 0.516. The molecule has 0 aromatic carbocycles. The lowest BCUT2D eigenvalue weighted by Gasteiger charge is -2.20. The van der Waals surface area contributed by atoms with E-state index in [0.717, 1.165) is 0 Å². The summed E-state index contributed by atoms with van der Waals surface area (Å²) in [7, 11) is 0. The Bertz CT molecular complexity index is 740. The second kappa shape index (κ2) is 6.89. The van der Waals surface area contributed by atoms with E-state index in [4.69, 9.17) is 16.2 Å². The lowest BCUT2D eigenvalue weighted by atomic mass is 10.1. The molecule has 1 aliphatic heterocycles. The summed E-state index contributed by atoms with van der Waals surface area (Å²) in [6.45, 7) is 0.371. The minimum absolute atomic E-state index is 0.194. The number of carboxylic acids is 1. The number of ether oxygens (including phenoxy) is 1. The molecule has 0 aliphatic carbocycles. The molecule has 4 unspecified atom stereocenters. The van der Waals surface area contributed by atoms with Crippen molar-refractivity contribution in [1.29, 1.82) is 0 Å². The van der Waals surface area contributed by atoms with E-state index in [-0.39, 0.29) is 12.2 Å². The predicted octanol–water partition coefficient (Wildman–Crippen LogP) is -0.798. The number of aliphatic carboxylic acids is 1. The fourth-order valence-corrected chi connectivity index (χ4v) is 3.64. The van der Waals surface area contributed by atoms with Gasteiger partial charge in [0.05, 0.1) is 12.4 Å². The van der Waals surface area contributed by atoms with Gasteiger partial charge in [0.2, 0.25) is 0 Å². The molecule has 0 saturated carbocycles. The summed E-state index contributed by atoms with van der Waals surface area (Å²) in [5.41, 5.74) is 12.0. The van der Waals surface area contributed by atoms with Gasteiger partial charge in [-0.3, -0.25) is 9.36 Å². The number of aliphatic hydroxyl groups excluding tert-OH is 1. The van der Waals surface area contributed by atoms with Crippen molar-refractivity contribution < 1.29 is 19.7 Å². The number of hydrogen-bond donors (Lipinski definition) is 4. The third kappa shape index (κ3) is 3.02. The molecule has 2 aromatic rings. The predicted molar refractivity (Wildman–Crippen MR) is 87.2 cm³/mol. The van der Waals surface area contributed by atoms with Crippen LogP contribution in [0.15, 0.2) is 12.7 Å². The Balaban J connectivity index is 1.84. The Hall–Kier alpha value is -1.95. The van der Waals surface area contributed by atoms with E-state index >= 15 is 0 Å². The summed E-state index contributed by atoms with van der Waals surface area (Å²) < 4.78 is 7.36. The van der Waals surface area contributed by atoms with Crippen LogP contribution in [0.2, 0.25) is 0 Å². The minimum Gasteiger partial charge on any atom is -0.480 e. The first-order valence-electron chi connectivity index (χ1n) is 7.34. The maximum atomic E-state index is 11.5. The van der Waals surface area contributed by atoms with Gasteiger partial charge in [0.25, 0.3) is 0 Å². The van der Waals surface area contributed by atoms with E-state index in [2.05, 4.69) is 15.0 Å². The van der Waals surface area contributed by atoms with E-state index in [9.17, 15) is 15.0 Å². The van der Waals surface area contributed by atoms with Gasteiger partial charge in [0.1, 0.15) is 23.2 Å². The second-order valence-corrected chi connectivity index (χ2v) is 6.62. The third-order valence-electron chi connectivity index (χ3n) is 3.77. The van der Waals surface area contributed by atoms with Crippen molar-refractivity contribution in [1.82, 2.24) is 19.5 Å². The van der Waals surface area contributed by atoms with E-state index in [1.54, 1.807) is 4.57 Å². The number of anilines is 1. The fraction of sp³-hybridized carbons (Fsp3) is 0.538. The van der Waals surface area contributed by atoms with E-state index in [1.807, 2.05) is 0 Å². The number of nitrogen functional groups attached to an aromatic ring is 1. The summed E-state index contributed by atoms with van der Waals surface area (Å²) in [6, 6.07) is 0. The van der Waals surface area contributed by atoms with Crippen molar-refractivity contribution in [3.8, 4) is 0 Å². The smallest absolute Gasteiger partial charge is 0.319 e. The van der Waals surface area contributed by atoms with Crippen LogP contribution < -0.4 is 11.5 Å². The zero-order valence-corrected chi connectivity index (χ0v) is 13.5. The molecule has 3 rings (SSSR count). The second-order valence-electron chi connectivity index (χ2n) is 5.37. The Morgan fingerprint density at radius 1 is 1.50 bits per heavy atom. The lowest BCUT2D eigenvalue weighted by molar-refractivity contribution is -0.139. The third-order valence-corrected chi connectivity index (χ3v) is 5.11. The molecule has 24 heavy (non-hydrogen) atoms. The molecule has 0 radical (unpaired) electrons. The number of imidazole rings is 1. The maximum absolute atomic E-state index is 11.5. The van der Waals surface area contributed by atoms with Gasteiger partial charge in [0, 0.05) is 18.7 Å². The summed E-state index contributed by atoms with van der Waals surface area (Å²) in [5.74, 6) is -0.270. The van der Waals surface area contributed by atoms with Crippen LogP contribution in [-0.2, 0) is 9.53 Å². The molecular weight excluding hydrogens is 336 g/mol. The summed E-state index contributed by atoms with van der Waals surface area (Å²) in [5, 5.41) is 18.9. The first-order chi connectivity index (χ1) is 11.5. The number of hydrogen-bond acceptors (Lipinski definition) is 9. The van der Waals surface area contributed by atoms with Gasteiger partial charge in [-0.25, -0.2) is 15.0 Å². The molecule has 4 atom stereocenters. The lowest BCUT2D eigenvalue weighted by Crippen LogP contribution is -2.32. The van der Waals surface area contributed by atoms with E-state index in [1.165, 1.54) is 24.4 Å². The number of aromatic nitrogens is 4. The molecule has 10 nitrogen and oxygen atoms in total. The molecule has 130 valence electrons. The van der Waals surface area contributed by atoms with Gasteiger partial charge >= 0.3 is 5.97 Å². The fourth-order valence-electron chi connectivity index (χ4n) is 2.71. The van der Waals surface area contributed by atoms with E-state index in [0.29, 0.717) is 23.5 Å². The van der Waals surface area contributed by atoms with Gasteiger partial charge in [-0.2, -0.15) is 0 Å². The number of rotatable bonds is 6. The summed E-state index contributed by atoms with van der Waals surface area (Å²) in [6.07, 6.45) is 0.634. The Morgan fingerprint density at radius 2 is 2.29 bits per heavy atom. The van der Waals surface area contributed by atoms with Crippen molar-refractivity contribution in [3.63, 3.8) is 0 Å². The molecule has 0 amide bonds. The van der Waals surface area contributed by atoms with Crippen molar-refractivity contribution in [2.75, 3.05) is 18.0 Å². The normalized spacial score (nSPS) is 25.2. The molecule has 1 aliphatic rings. The number of aliphatic hydroxyl groups is 1. The molecule has 3 heterocycles. The Kier molecular flexibility index (Phi) is 4.85. The number of carbonyl (C=O) groups is 1. The Morgan fingerprint density at radius 3 is 3.00 bits per heavy atom. The van der Waals surface area contributed by atoms with Gasteiger partial charge in [-0.15, -0.1) is 11.8 Å². The van der Waals surface area contributed by atoms with Crippen molar-refractivity contribution in [2.24, 2.45) is 5.73 Å². The number of nitrogens with zero attached hydrogens (tertiary/aromatic N) is 4. The molecule has 1 saturated heterocycles. The van der Waals surface area contributed by atoms with Gasteiger partial charge < -0.3 is 26.4 Å². The molecule has 1 fully saturated rings. The highest BCUT2D eigenvalue weighted by Crippen LogP contribution is 2.35. The summed E-state index contributed by atoms with van der Waals surface area (Å²) >= 11 is 1.20. The average Bonchev–Trinajstić information content (AvgIpc) is 3.12. The van der Waals surface area contributed by atoms with Gasteiger partial charge in [-0.1, -0.05) is 0 Å². The van der Waals surface area contributed by atoms with Crippen LogP contribution in [0.3, 0.4) is 0 Å². The van der Waals surface area contributed by atoms with Crippen LogP contribution in [0.25, 0.3) is 11.2 Å². The topological polar surface area (TPSA) is 162 Å². The van der Waals surface area contributed by atoms with E-state index < -0.39 is 29.7 Å². The van der Waals surface area contributed by atoms with Crippen LogP contribution >= 0.6 is 11.8 Å². The maximum Gasteiger partial charge on any atom is 0.319 e. The number of fused-ring (bicyclic) bond motifs is 1. The number of carboxylic acid groups (broad SMARTS) is 1. The van der Waals surface area contributed by atoms with Crippen molar-refractivity contribution in [2.45, 2.75) is 30.1 Å². The highest BCUT2D eigenvalue weighted by atomic mass is 32.2.